The van der Waals surface area contributed by atoms with E-state index in [0.717, 1.165) is 0 Å². The number of nitrogens with two attached hydrogens (primary N) is 1. The number of hydrogen-bond donors (Lipinski definition) is 2. The van der Waals surface area contributed by atoms with E-state index in [1.807, 2.05) is 0 Å². The van der Waals surface area contributed by atoms with Crippen molar-refractivity contribution in [1.82, 2.24) is 5.32 Å². The Labute approximate surface area is 143 Å². The summed E-state index contributed by atoms with van der Waals surface area (Å²) in [5, 5.41) is 2.12. The van der Waals surface area contributed by atoms with E-state index in [1.54, 1.807) is 30.3 Å². The van der Waals surface area contributed by atoms with Gasteiger partial charge in [-0.3, -0.25) is 4.79 Å². The van der Waals surface area contributed by atoms with Gasteiger partial charge in [0.25, 0.3) is 5.92 Å². The second-order valence-electron chi connectivity index (χ2n) is 5.08. The molecule has 0 unspecified atom stereocenters. The smallest absolute Gasteiger partial charge is 0.277 e. The molecule has 0 aliphatic rings. The molecular weight excluding hydrogens is 345 g/mol. The van der Waals surface area contributed by atoms with Crippen molar-refractivity contribution in [3.8, 4) is 11.3 Å². The first-order valence-electron chi connectivity index (χ1n) is 7.09. The van der Waals surface area contributed by atoms with Gasteiger partial charge in [0, 0.05) is 12.8 Å². The first-order chi connectivity index (χ1) is 10.9. The Morgan fingerprint density at radius 2 is 1.92 bits per heavy atom. The maximum absolute atomic E-state index is 13.6. The van der Waals surface area contributed by atoms with Crippen molar-refractivity contribution in [2.24, 2.45) is 5.73 Å². The highest BCUT2D eigenvalue weighted by Gasteiger charge is 2.27. The number of rotatable bonds is 7. The van der Waals surface area contributed by atoms with Crippen molar-refractivity contribution in [3.63, 3.8) is 0 Å². The third kappa shape index (κ3) is 5.58. The van der Waals surface area contributed by atoms with Crippen LogP contribution in [0, 0.1) is 5.82 Å². The lowest BCUT2D eigenvalue weighted by atomic mass is 10.1. The lowest BCUT2D eigenvalue weighted by Gasteiger charge is -2.14. The van der Waals surface area contributed by atoms with E-state index in [2.05, 4.69) is 5.32 Å². The monoisotopic (exact) mass is 362 g/mol. The van der Waals surface area contributed by atoms with Crippen LogP contribution in [0.4, 0.5) is 13.2 Å². The Balaban J connectivity index is 0.00000288. The standard InChI is InChI=1S/C16H17F3N2O2.ClH/c17-13-4-2-1-3-12(13)14-7-5-11(23-14)6-8-15(22)21-10-16(18,19)9-20;/h1-5,7H,6,8-10,20H2,(H,21,22);1H. The van der Waals surface area contributed by atoms with E-state index >= 15 is 0 Å². The minimum atomic E-state index is -3.11. The summed E-state index contributed by atoms with van der Waals surface area (Å²) in [7, 11) is 0. The van der Waals surface area contributed by atoms with E-state index < -0.39 is 30.7 Å². The van der Waals surface area contributed by atoms with Crippen LogP contribution in [0.25, 0.3) is 11.3 Å². The Morgan fingerprint density at radius 1 is 1.21 bits per heavy atom. The molecule has 1 amide bonds. The van der Waals surface area contributed by atoms with E-state index in [-0.39, 0.29) is 25.2 Å². The highest BCUT2D eigenvalue weighted by atomic mass is 35.5. The molecule has 1 heterocycles. The highest BCUT2D eigenvalue weighted by molar-refractivity contribution is 5.85. The first kappa shape index (κ1) is 20.1. The number of hydrogen-bond acceptors (Lipinski definition) is 3. The van der Waals surface area contributed by atoms with Crippen molar-refractivity contribution >= 4 is 18.3 Å². The third-order valence-corrected chi connectivity index (χ3v) is 3.24. The number of halogens is 4. The van der Waals surface area contributed by atoms with Gasteiger partial charge in [0.15, 0.2) is 0 Å². The number of aryl methyl sites for hydroxylation is 1. The molecule has 0 fully saturated rings. The summed E-state index contributed by atoms with van der Waals surface area (Å²) in [4.78, 5) is 11.5. The van der Waals surface area contributed by atoms with Gasteiger partial charge >= 0.3 is 0 Å². The van der Waals surface area contributed by atoms with Crippen LogP contribution in [0.3, 0.4) is 0 Å². The number of nitrogens with one attached hydrogen (secondary N) is 1. The fraction of sp³-hybridized carbons (Fsp3) is 0.312. The van der Waals surface area contributed by atoms with Crippen LogP contribution in [-0.2, 0) is 11.2 Å². The number of carbonyl (C=O) groups is 1. The zero-order chi connectivity index (χ0) is 16.9. The molecule has 0 saturated carbocycles. The van der Waals surface area contributed by atoms with E-state index in [4.69, 9.17) is 10.2 Å². The Morgan fingerprint density at radius 3 is 2.58 bits per heavy atom. The summed E-state index contributed by atoms with van der Waals surface area (Å²) >= 11 is 0. The summed E-state index contributed by atoms with van der Waals surface area (Å²) in [6.07, 6.45) is 0.222. The lowest BCUT2D eigenvalue weighted by molar-refractivity contribution is -0.122. The second-order valence-corrected chi connectivity index (χ2v) is 5.08. The molecular formula is C16H18ClF3N2O2. The van der Waals surface area contributed by atoms with Gasteiger partial charge in [-0.15, -0.1) is 12.4 Å². The molecule has 0 bridgehead atoms. The summed E-state index contributed by atoms with van der Waals surface area (Å²) < 4.78 is 44.9. The van der Waals surface area contributed by atoms with Crippen molar-refractivity contribution in [3.05, 3.63) is 48.0 Å². The summed E-state index contributed by atoms with van der Waals surface area (Å²) in [5.41, 5.74) is 5.21. The van der Waals surface area contributed by atoms with Crippen LogP contribution in [0.5, 0.6) is 0 Å². The average Bonchev–Trinajstić information content (AvgIpc) is 3.00. The largest absolute Gasteiger partial charge is 0.461 e. The molecule has 3 N–H and O–H groups in total. The quantitative estimate of drug-likeness (QED) is 0.795. The Hall–Kier alpha value is -1.99. The molecule has 132 valence electrons. The molecule has 0 radical (unpaired) electrons. The van der Waals surface area contributed by atoms with E-state index in [1.165, 1.54) is 6.07 Å². The number of amides is 1. The molecule has 0 atom stereocenters. The Kier molecular flexibility index (Phi) is 7.31. The van der Waals surface area contributed by atoms with E-state index in [9.17, 15) is 18.0 Å². The number of benzene rings is 1. The zero-order valence-corrected chi connectivity index (χ0v) is 13.5. The van der Waals surface area contributed by atoms with Gasteiger partial charge in [-0.05, 0) is 24.3 Å². The van der Waals surface area contributed by atoms with Crippen LogP contribution in [0.15, 0.2) is 40.8 Å². The van der Waals surface area contributed by atoms with Crippen molar-refractivity contribution in [2.45, 2.75) is 18.8 Å². The normalized spacial score (nSPS) is 11.0. The minimum absolute atomic E-state index is 0. The maximum atomic E-state index is 13.6. The van der Waals surface area contributed by atoms with E-state index in [0.29, 0.717) is 17.1 Å². The summed E-state index contributed by atoms with van der Waals surface area (Å²) in [5.74, 6) is -3.22. The lowest BCUT2D eigenvalue weighted by Crippen LogP contribution is -2.41. The van der Waals surface area contributed by atoms with Crippen LogP contribution >= 0.6 is 12.4 Å². The second kappa shape index (κ2) is 8.75. The van der Waals surface area contributed by atoms with Crippen molar-refractivity contribution in [1.29, 1.82) is 0 Å². The van der Waals surface area contributed by atoms with Gasteiger partial charge in [0.1, 0.15) is 17.3 Å². The molecule has 8 heteroatoms. The molecule has 0 aliphatic heterocycles. The molecule has 1 aromatic carbocycles. The fourth-order valence-electron chi connectivity index (χ4n) is 1.94. The topological polar surface area (TPSA) is 68.3 Å². The molecule has 24 heavy (non-hydrogen) atoms. The van der Waals surface area contributed by atoms with Crippen LogP contribution in [0.1, 0.15) is 12.2 Å². The number of alkyl halides is 2. The Bertz CT molecular complexity index is 677. The van der Waals surface area contributed by atoms with Gasteiger partial charge in [-0.2, -0.15) is 0 Å². The van der Waals surface area contributed by atoms with Gasteiger partial charge in [-0.1, -0.05) is 12.1 Å². The third-order valence-electron chi connectivity index (χ3n) is 3.24. The minimum Gasteiger partial charge on any atom is -0.461 e. The average molecular weight is 363 g/mol. The molecule has 1 aromatic heterocycles. The van der Waals surface area contributed by atoms with Crippen molar-refractivity contribution in [2.75, 3.05) is 13.1 Å². The molecule has 2 rings (SSSR count). The van der Waals surface area contributed by atoms with Crippen LogP contribution in [-0.4, -0.2) is 24.9 Å². The van der Waals surface area contributed by atoms with Crippen LogP contribution in [0.2, 0.25) is 0 Å². The molecule has 4 nitrogen and oxygen atoms in total. The first-order valence-corrected chi connectivity index (χ1v) is 7.09. The predicted octanol–water partition coefficient (Wildman–Crippen LogP) is 3.15. The van der Waals surface area contributed by atoms with Gasteiger partial charge in [-0.25, -0.2) is 13.2 Å². The van der Waals surface area contributed by atoms with Gasteiger partial charge < -0.3 is 15.5 Å². The van der Waals surface area contributed by atoms with Crippen molar-refractivity contribution < 1.29 is 22.4 Å². The SMILES string of the molecule is Cl.NCC(F)(F)CNC(=O)CCc1ccc(-c2ccccc2F)o1. The molecule has 0 spiro atoms. The molecule has 0 saturated heterocycles. The van der Waals surface area contributed by atoms with Crippen LogP contribution < -0.4 is 11.1 Å². The maximum Gasteiger partial charge on any atom is 0.277 e. The van der Waals surface area contributed by atoms with Gasteiger partial charge in [0.05, 0.1) is 18.7 Å². The highest BCUT2D eigenvalue weighted by Crippen LogP contribution is 2.25. The number of carbonyl (C=O) groups excluding carboxylic acids is 1. The fourth-order valence-corrected chi connectivity index (χ4v) is 1.94. The summed E-state index contributed by atoms with van der Waals surface area (Å²) in [6, 6.07) is 9.40. The zero-order valence-electron chi connectivity index (χ0n) is 12.7. The van der Waals surface area contributed by atoms with Gasteiger partial charge in [0.2, 0.25) is 5.91 Å². The predicted molar refractivity (Wildman–Crippen MR) is 86.7 cm³/mol. The summed E-state index contributed by atoms with van der Waals surface area (Å²) in [6.45, 7) is -1.61. The number of furan rings is 1. The molecule has 0 aliphatic carbocycles. The molecule has 2 aromatic rings.